The summed E-state index contributed by atoms with van der Waals surface area (Å²) in [7, 11) is 0. The molecule has 0 aromatic heterocycles. The molecule has 0 unspecified atom stereocenters. The number of nitrogens with one attached hydrogen (secondary N) is 1. The average Bonchev–Trinajstić information content (AvgIpc) is 1.97. The van der Waals surface area contributed by atoms with E-state index < -0.39 is 0 Å². The molecule has 64 valence electrons. The second-order valence-corrected chi connectivity index (χ2v) is 3.72. The standard InChI is InChI=1S/C11H15N/c1-9-3-2-4-10(5-9)6-11-7-12-8-11/h2-5,11-12H,6-8H2,1H3. The molecule has 0 bridgehead atoms. The summed E-state index contributed by atoms with van der Waals surface area (Å²) >= 11 is 0. The first kappa shape index (κ1) is 7.81. The monoisotopic (exact) mass is 161 g/mol. The first-order valence-corrected chi connectivity index (χ1v) is 4.61. The van der Waals surface area contributed by atoms with Crippen molar-refractivity contribution in [2.75, 3.05) is 13.1 Å². The van der Waals surface area contributed by atoms with E-state index >= 15 is 0 Å². The number of hydrogen-bond donors (Lipinski definition) is 1. The average molecular weight is 161 g/mol. The maximum Gasteiger partial charge on any atom is -0.000506 e. The summed E-state index contributed by atoms with van der Waals surface area (Å²) in [5.74, 6) is 0.881. The van der Waals surface area contributed by atoms with Gasteiger partial charge in [0.25, 0.3) is 0 Å². The molecule has 1 aliphatic heterocycles. The third-order valence-electron chi connectivity index (χ3n) is 2.47. The number of benzene rings is 1. The van der Waals surface area contributed by atoms with Crippen LogP contribution in [0.25, 0.3) is 0 Å². The Morgan fingerprint density at radius 2 is 2.25 bits per heavy atom. The lowest BCUT2D eigenvalue weighted by Crippen LogP contribution is -2.43. The Morgan fingerprint density at radius 3 is 2.83 bits per heavy atom. The second kappa shape index (κ2) is 3.28. The molecule has 12 heavy (non-hydrogen) atoms. The van der Waals surface area contributed by atoms with Crippen LogP contribution in [0.5, 0.6) is 0 Å². The highest BCUT2D eigenvalue weighted by Gasteiger charge is 2.16. The normalized spacial score (nSPS) is 17.4. The first-order chi connectivity index (χ1) is 5.84. The molecular formula is C11H15N. The first-order valence-electron chi connectivity index (χ1n) is 4.61. The van der Waals surface area contributed by atoms with Crippen LogP contribution in [0.3, 0.4) is 0 Å². The molecular weight excluding hydrogens is 146 g/mol. The zero-order valence-electron chi connectivity index (χ0n) is 7.51. The Hall–Kier alpha value is -0.820. The van der Waals surface area contributed by atoms with E-state index in [-0.39, 0.29) is 0 Å². The molecule has 0 spiro atoms. The van der Waals surface area contributed by atoms with Crippen LogP contribution in [0.15, 0.2) is 24.3 Å². The maximum atomic E-state index is 3.30. The number of hydrogen-bond acceptors (Lipinski definition) is 1. The van der Waals surface area contributed by atoms with E-state index in [9.17, 15) is 0 Å². The van der Waals surface area contributed by atoms with Crippen LogP contribution in [0, 0.1) is 12.8 Å². The zero-order valence-corrected chi connectivity index (χ0v) is 7.51. The van der Waals surface area contributed by atoms with Gasteiger partial charge in [-0.1, -0.05) is 29.8 Å². The minimum atomic E-state index is 0.881. The molecule has 0 amide bonds. The molecule has 2 rings (SSSR count). The fourth-order valence-corrected chi connectivity index (χ4v) is 1.67. The zero-order chi connectivity index (χ0) is 8.39. The lowest BCUT2D eigenvalue weighted by atomic mass is 9.94. The summed E-state index contributed by atoms with van der Waals surface area (Å²) in [5, 5.41) is 3.30. The molecule has 1 aromatic carbocycles. The van der Waals surface area contributed by atoms with Crippen molar-refractivity contribution in [3.63, 3.8) is 0 Å². The van der Waals surface area contributed by atoms with Gasteiger partial charge >= 0.3 is 0 Å². The van der Waals surface area contributed by atoms with Crippen molar-refractivity contribution in [3.8, 4) is 0 Å². The van der Waals surface area contributed by atoms with Crippen LogP contribution in [0.4, 0.5) is 0 Å². The van der Waals surface area contributed by atoms with Crippen molar-refractivity contribution in [1.29, 1.82) is 0 Å². The third kappa shape index (κ3) is 1.67. The number of rotatable bonds is 2. The molecule has 1 heteroatoms. The van der Waals surface area contributed by atoms with Gasteiger partial charge in [0, 0.05) is 0 Å². The maximum absolute atomic E-state index is 3.30. The highest BCUT2D eigenvalue weighted by molar-refractivity contribution is 5.22. The van der Waals surface area contributed by atoms with E-state index in [2.05, 4.69) is 36.5 Å². The molecule has 0 aliphatic carbocycles. The third-order valence-corrected chi connectivity index (χ3v) is 2.47. The molecule has 1 saturated heterocycles. The molecule has 1 fully saturated rings. The van der Waals surface area contributed by atoms with Gasteiger partial charge in [-0.3, -0.25) is 0 Å². The fraction of sp³-hybridized carbons (Fsp3) is 0.455. The lowest BCUT2D eigenvalue weighted by Gasteiger charge is -2.27. The van der Waals surface area contributed by atoms with E-state index in [4.69, 9.17) is 0 Å². The molecule has 1 heterocycles. The van der Waals surface area contributed by atoms with E-state index in [0.29, 0.717) is 0 Å². The van der Waals surface area contributed by atoms with Gasteiger partial charge in [0.1, 0.15) is 0 Å². The Kier molecular flexibility index (Phi) is 2.13. The summed E-state index contributed by atoms with van der Waals surface area (Å²) < 4.78 is 0. The van der Waals surface area contributed by atoms with Gasteiger partial charge in [-0.25, -0.2) is 0 Å². The van der Waals surface area contributed by atoms with Crippen LogP contribution < -0.4 is 5.32 Å². The highest BCUT2D eigenvalue weighted by atomic mass is 14.9. The van der Waals surface area contributed by atoms with E-state index in [1.165, 1.54) is 30.6 Å². The van der Waals surface area contributed by atoms with Crippen LogP contribution in [0.2, 0.25) is 0 Å². The summed E-state index contributed by atoms with van der Waals surface area (Å²) in [6.45, 7) is 4.56. The van der Waals surface area contributed by atoms with E-state index in [0.717, 1.165) is 5.92 Å². The second-order valence-electron chi connectivity index (χ2n) is 3.72. The summed E-state index contributed by atoms with van der Waals surface area (Å²) in [6.07, 6.45) is 1.24. The van der Waals surface area contributed by atoms with Gasteiger partial charge in [0.05, 0.1) is 0 Å². The van der Waals surface area contributed by atoms with Crippen molar-refractivity contribution < 1.29 is 0 Å². The van der Waals surface area contributed by atoms with Crippen LogP contribution in [-0.2, 0) is 6.42 Å². The minimum absolute atomic E-state index is 0.881. The van der Waals surface area contributed by atoms with Crippen molar-refractivity contribution >= 4 is 0 Å². The van der Waals surface area contributed by atoms with Gasteiger partial charge in [-0.05, 0) is 37.9 Å². The minimum Gasteiger partial charge on any atom is -0.316 e. The lowest BCUT2D eigenvalue weighted by molar-refractivity contribution is 0.346. The predicted molar refractivity (Wildman–Crippen MR) is 51.2 cm³/mol. The van der Waals surface area contributed by atoms with Gasteiger partial charge in [0.15, 0.2) is 0 Å². The predicted octanol–water partition coefficient (Wildman–Crippen LogP) is 1.76. The molecule has 1 aromatic rings. The largest absolute Gasteiger partial charge is 0.316 e. The van der Waals surface area contributed by atoms with Crippen molar-refractivity contribution in [2.24, 2.45) is 5.92 Å². The van der Waals surface area contributed by atoms with Gasteiger partial charge in [-0.15, -0.1) is 0 Å². The summed E-state index contributed by atoms with van der Waals surface area (Å²) in [5.41, 5.74) is 2.86. The van der Waals surface area contributed by atoms with Gasteiger partial charge in [-0.2, -0.15) is 0 Å². The molecule has 0 atom stereocenters. The topological polar surface area (TPSA) is 12.0 Å². The fourth-order valence-electron chi connectivity index (χ4n) is 1.67. The van der Waals surface area contributed by atoms with Crippen LogP contribution in [-0.4, -0.2) is 13.1 Å². The molecule has 1 aliphatic rings. The Bertz CT molecular complexity index is 263. The van der Waals surface area contributed by atoms with Crippen LogP contribution in [0.1, 0.15) is 11.1 Å². The highest BCUT2D eigenvalue weighted by Crippen LogP contribution is 2.13. The Labute approximate surface area is 73.8 Å². The van der Waals surface area contributed by atoms with Crippen LogP contribution >= 0.6 is 0 Å². The van der Waals surface area contributed by atoms with Crippen molar-refractivity contribution in [2.45, 2.75) is 13.3 Å². The van der Waals surface area contributed by atoms with E-state index in [1.807, 2.05) is 0 Å². The summed E-state index contributed by atoms with van der Waals surface area (Å²) in [4.78, 5) is 0. The Morgan fingerprint density at radius 1 is 1.42 bits per heavy atom. The van der Waals surface area contributed by atoms with Crippen molar-refractivity contribution in [3.05, 3.63) is 35.4 Å². The van der Waals surface area contributed by atoms with Gasteiger partial charge < -0.3 is 5.32 Å². The van der Waals surface area contributed by atoms with E-state index in [1.54, 1.807) is 0 Å². The number of aryl methyl sites for hydroxylation is 1. The van der Waals surface area contributed by atoms with Crippen molar-refractivity contribution in [1.82, 2.24) is 5.32 Å². The summed E-state index contributed by atoms with van der Waals surface area (Å²) in [6, 6.07) is 8.82. The molecule has 1 N–H and O–H groups in total. The smallest absolute Gasteiger partial charge is 0.000506 e. The molecule has 0 radical (unpaired) electrons. The van der Waals surface area contributed by atoms with Gasteiger partial charge in [0.2, 0.25) is 0 Å². The molecule has 1 nitrogen and oxygen atoms in total. The SMILES string of the molecule is Cc1cccc(CC2CNC2)c1. The quantitative estimate of drug-likeness (QED) is 0.697. The Balaban J connectivity index is 2.02. The molecule has 0 saturated carbocycles.